The Morgan fingerprint density at radius 2 is 2.00 bits per heavy atom. The van der Waals surface area contributed by atoms with Crippen molar-refractivity contribution in [3.05, 3.63) is 23.8 Å². The molecule has 1 aromatic carbocycles. The number of rotatable bonds is 6. The summed E-state index contributed by atoms with van der Waals surface area (Å²) in [5.74, 6) is -0.963. The van der Waals surface area contributed by atoms with Crippen molar-refractivity contribution in [3.8, 4) is 11.5 Å². The predicted octanol–water partition coefficient (Wildman–Crippen LogP) is 1.98. The molecule has 0 aliphatic carbocycles. The summed E-state index contributed by atoms with van der Waals surface area (Å²) < 4.78 is 46.5. The van der Waals surface area contributed by atoms with Crippen LogP contribution < -0.4 is 14.8 Å². The van der Waals surface area contributed by atoms with Gasteiger partial charge in [0, 0.05) is 5.56 Å². The minimum Gasteiger partial charge on any atom is -0.497 e. The molecule has 0 bridgehead atoms. The van der Waals surface area contributed by atoms with Gasteiger partial charge in [-0.25, -0.2) is 0 Å². The smallest absolute Gasteiger partial charge is 0.401 e. The molecule has 1 atom stereocenters. The molecule has 0 spiro atoms. The first-order valence-electron chi connectivity index (χ1n) is 5.53. The number of carboxylic acid groups (broad SMARTS) is 1. The van der Waals surface area contributed by atoms with Gasteiger partial charge in [0.2, 0.25) is 0 Å². The second kappa shape index (κ2) is 6.47. The Morgan fingerprint density at radius 3 is 2.45 bits per heavy atom. The number of halogens is 3. The van der Waals surface area contributed by atoms with Crippen LogP contribution in [0.5, 0.6) is 11.5 Å². The van der Waals surface area contributed by atoms with Gasteiger partial charge in [-0.15, -0.1) is 0 Å². The van der Waals surface area contributed by atoms with Gasteiger partial charge in [0.05, 0.1) is 20.8 Å². The van der Waals surface area contributed by atoms with E-state index in [9.17, 15) is 18.0 Å². The molecule has 0 aromatic heterocycles. The summed E-state index contributed by atoms with van der Waals surface area (Å²) in [6, 6.07) is 2.72. The highest BCUT2D eigenvalue weighted by atomic mass is 19.4. The summed E-state index contributed by atoms with van der Waals surface area (Å²) in [6.07, 6.45) is -4.51. The summed E-state index contributed by atoms with van der Waals surface area (Å²) in [4.78, 5) is 11.2. The van der Waals surface area contributed by atoms with E-state index < -0.39 is 24.7 Å². The average Bonchev–Trinajstić information content (AvgIpc) is 2.37. The van der Waals surface area contributed by atoms with Crippen LogP contribution in [0.1, 0.15) is 11.6 Å². The fourth-order valence-corrected chi connectivity index (χ4v) is 1.61. The third-order valence-electron chi connectivity index (χ3n) is 2.50. The number of methoxy groups -OCH3 is 2. The van der Waals surface area contributed by atoms with Crippen LogP contribution in [-0.2, 0) is 4.79 Å². The van der Waals surface area contributed by atoms with Crippen molar-refractivity contribution in [2.45, 2.75) is 12.2 Å². The molecule has 1 unspecified atom stereocenters. The molecule has 1 aromatic rings. The first-order chi connectivity index (χ1) is 9.28. The summed E-state index contributed by atoms with van der Waals surface area (Å²) in [5.41, 5.74) is 0.0589. The van der Waals surface area contributed by atoms with Gasteiger partial charge >= 0.3 is 12.1 Å². The Morgan fingerprint density at radius 1 is 1.35 bits per heavy atom. The molecule has 0 saturated carbocycles. The Kier molecular flexibility index (Phi) is 5.20. The molecule has 0 fully saturated rings. The van der Waals surface area contributed by atoms with Gasteiger partial charge in [-0.2, -0.15) is 13.2 Å². The maximum atomic E-state index is 12.2. The van der Waals surface area contributed by atoms with Crippen molar-refractivity contribution in [1.29, 1.82) is 0 Å². The number of carboxylic acids is 1. The lowest BCUT2D eigenvalue weighted by atomic mass is 10.1. The fraction of sp³-hybridized carbons (Fsp3) is 0.417. The quantitative estimate of drug-likeness (QED) is 0.839. The van der Waals surface area contributed by atoms with E-state index in [1.54, 1.807) is 0 Å². The second-order valence-corrected chi connectivity index (χ2v) is 3.88. The van der Waals surface area contributed by atoms with E-state index in [-0.39, 0.29) is 11.3 Å². The van der Waals surface area contributed by atoms with Gasteiger partial charge < -0.3 is 14.6 Å². The maximum absolute atomic E-state index is 12.2. The standard InChI is InChI=1S/C12H14F3NO4/c1-19-7-3-4-9(20-2)8(5-7)10(11(17)18)16-6-12(13,14)15/h3-5,10,16H,6H2,1-2H3,(H,17,18). The number of nitrogens with one attached hydrogen (secondary N) is 1. The van der Waals surface area contributed by atoms with Crippen LogP contribution in [0.15, 0.2) is 18.2 Å². The van der Waals surface area contributed by atoms with Crippen LogP contribution in [-0.4, -0.2) is 38.0 Å². The molecule has 0 amide bonds. The third-order valence-corrected chi connectivity index (χ3v) is 2.50. The van der Waals surface area contributed by atoms with E-state index in [1.807, 2.05) is 5.32 Å². The zero-order valence-electron chi connectivity index (χ0n) is 10.8. The molecule has 0 aliphatic heterocycles. The molecule has 112 valence electrons. The van der Waals surface area contributed by atoms with Crippen molar-refractivity contribution < 1.29 is 32.5 Å². The number of benzene rings is 1. The molecule has 0 saturated heterocycles. The van der Waals surface area contributed by atoms with E-state index in [1.165, 1.54) is 32.4 Å². The lowest BCUT2D eigenvalue weighted by Gasteiger charge is -2.19. The van der Waals surface area contributed by atoms with E-state index in [4.69, 9.17) is 14.6 Å². The topological polar surface area (TPSA) is 67.8 Å². The predicted molar refractivity (Wildman–Crippen MR) is 64.0 cm³/mol. The largest absolute Gasteiger partial charge is 0.497 e. The molecule has 1 rings (SSSR count). The van der Waals surface area contributed by atoms with Crippen LogP contribution in [0.3, 0.4) is 0 Å². The highest BCUT2D eigenvalue weighted by Gasteiger charge is 2.32. The van der Waals surface area contributed by atoms with E-state index in [0.29, 0.717) is 5.75 Å². The van der Waals surface area contributed by atoms with Crippen LogP contribution in [0, 0.1) is 0 Å². The fourth-order valence-electron chi connectivity index (χ4n) is 1.61. The Bertz CT molecular complexity index is 476. The van der Waals surface area contributed by atoms with Gasteiger partial charge in [0.15, 0.2) is 0 Å². The van der Waals surface area contributed by atoms with E-state index >= 15 is 0 Å². The van der Waals surface area contributed by atoms with Crippen LogP contribution >= 0.6 is 0 Å². The van der Waals surface area contributed by atoms with Crippen molar-refractivity contribution in [1.82, 2.24) is 5.32 Å². The van der Waals surface area contributed by atoms with Crippen LogP contribution in [0.4, 0.5) is 13.2 Å². The van der Waals surface area contributed by atoms with Gasteiger partial charge in [0.25, 0.3) is 0 Å². The molecular weight excluding hydrogens is 279 g/mol. The molecule has 0 radical (unpaired) electrons. The number of hydrogen-bond acceptors (Lipinski definition) is 4. The summed E-state index contributed by atoms with van der Waals surface area (Å²) in [5, 5.41) is 11.0. The number of carbonyl (C=O) groups is 1. The number of ether oxygens (including phenoxy) is 2. The summed E-state index contributed by atoms with van der Waals surface area (Å²) >= 11 is 0. The highest BCUT2D eigenvalue weighted by Crippen LogP contribution is 2.30. The minimum absolute atomic E-state index is 0.0589. The summed E-state index contributed by atoms with van der Waals surface area (Å²) in [6.45, 7) is -1.43. The Hall–Kier alpha value is -1.96. The lowest BCUT2D eigenvalue weighted by molar-refractivity contribution is -0.143. The highest BCUT2D eigenvalue weighted by molar-refractivity contribution is 5.77. The minimum atomic E-state index is -4.51. The molecule has 2 N–H and O–H groups in total. The molecule has 0 heterocycles. The monoisotopic (exact) mass is 293 g/mol. The van der Waals surface area contributed by atoms with Gasteiger partial charge in [-0.1, -0.05) is 0 Å². The molecule has 8 heteroatoms. The number of alkyl halides is 3. The van der Waals surface area contributed by atoms with Gasteiger partial charge in [-0.3, -0.25) is 10.1 Å². The van der Waals surface area contributed by atoms with Crippen molar-refractivity contribution in [2.75, 3.05) is 20.8 Å². The second-order valence-electron chi connectivity index (χ2n) is 3.88. The molecular formula is C12H14F3NO4. The van der Waals surface area contributed by atoms with Crippen molar-refractivity contribution >= 4 is 5.97 Å². The van der Waals surface area contributed by atoms with Crippen molar-refractivity contribution in [3.63, 3.8) is 0 Å². The summed E-state index contributed by atoms with van der Waals surface area (Å²) in [7, 11) is 2.67. The Labute approximate surface area is 113 Å². The zero-order valence-corrected chi connectivity index (χ0v) is 10.8. The lowest BCUT2D eigenvalue weighted by Crippen LogP contribution is -2.36. The molecule has 0 aliphatic rings. The van der Waals surface area contributed by atoms with E-state index in [0.717, 1.165) is 0 Å². The number of aliphatic carboxylic acids is 1. The average molecular weight is 293 g/mol. The zero-order chi connectivity index (χ0) is 15.3. The van der Waals surface area contributed by atoms with Gasteiger partial charge in [-0.05, 0) is 18.2 Å². The molecule has 5 nitrogen and oxygen atoms in total. The first-order valence-corrected chi connectivity index (χ1v) is 5.53. The molecule has 20 heavy (non-hydrogen) atoms. The van der Waals surface area contributed by atoms with Crippen LogP contribution in [0.2, 0.25) is 0 Å². The van der Waals surface area contributed by atoms with Crippen LogP contribution in [0.25, 0.3) is 0 Å². The Balaban J connectivity index is 3.10. The maximum Gasteiger partial charge on any atom is 0.401 e. The SMILES string of the molecule is COc1ccc(OC)c(C(NCC(F)(F)F)C(=O)O)c1. The van der Waals surface area contributed by atoms with Crippen molar-refractivity contribution in [2.24, 2.45) is 0 Å². The third kappa shape index (κ3) is 4.30. The first kappa shape index (κ1) is 16.1. The van der Waals surface area contributed by atoms with E-state index in [2.05, 4.69) is 0 Å². The normalized spacial score (nSPS) is 12.8. The van der Waals surface area contributed by atoms with Gasteiger partial charge in [0.1, 0.15) is 17.5 Å². The number of hydrogen-bond donors (Lipinski definition) is 2.